The van der Waals surface area contributed by atoms with Gasteiger partial charge in [-0.15, -0.1) is 0 Å². The first-order valence-corrected chi connectivity index (χ1v) is 6.76. The van der Waals surface area contributed by atoms with Gasteiger partial charge in [-0.3, -0.25) is 5.01 Å². The SMILES string of the molecule is CN(C)NC1(CN)CCc2cc(Br)ccc2C1. The molecular formula is C13H20BrN3. The highest BCUT2D eigenvalue weighted by Crippen LogP contribution is 2.30. The first-order valence-electron chi connectivity index (χ1n) is 5.97. The van der Waals surface area contributed by atoms with Crippen LogP contribution in [0.3, 0.4) is 0 Å². The fraction of sp³-hybridized carbons (Fsp3) is 0.538. The van der Waals surface area contributed by atoms with Crippen molar-refractivity contribution in [1.29, 1.82) is 0 Å². The average molecular weight is 298 g/mol. The molecule has 3 nitrogen and oxygen atoms in total. The molecule has 1 aromatic rings. The van der Waals surface area contributed by atoms with Crippen molar-refractivity contribution in [2.24, 2.45) is 5.73 Å². The van der Waals surface area contributed by atoms with Crippen LogP contribution < -0.4 is 11.2 Å². The number of nitrogens with two attached hydrogens (primary N) is 1. The van der Waals surface area contributed by atoms with E-state index in [1.807, 2.05) is 19.1 Å². The Labute approximate surface area is 111 Å². The third kappa shape index (κ3) is 2.88. The predicted molar refractivity (Wildman–Crippen MR) is 74.8 cm³/mol. The van der Waals surface area contributed by atoms with E-state index in [-0.39, 0.29) is 5.54 Å². The molecule has 0 spiro atoms. The van der Waals surface area contributed by atoms with Crippen LogP contribution in [0.5, 0.6) is 0 Å². The summed E-state index contributed by atoms with van der Waals surface area (Å²) in [4.78, 5) is 0. The summed E-state index contributed by atoms with van der Waals surface area (Å²) in [5, 5.41) is 2.01. The second-order valence-corrected chi connectivity index (χ2v) is 6.00. The molecule has 2 rings (SSSR count). The molecule has 3 N–H and O–H groups in total. The lowest BCUT2D eigenvalue weighted by Gasteiger charge is -2.40. The quantitative estimate of drug-likeness (QED) is 0.835. The lowest BCUT2D eigenvalue weighted by atomic mass is 9.78. The van der Waals surface area contributed by atoms with Crippen molar-refractivity contribution in [3.63, 3.8) is 0 Å². The molecular weight excluding hydrogens is 278 g/mol. The Morgan fingerprint density at radius 3 is 2.82 bits per heavy atom. The van der Waals surface area contributed by atoms with Gasteiger partial charge in [-0.25, -0.2) is 5.43 Å². The number of nitrogens with zero attached hydrogens (tertiary/aromatic N) is 1. The third-order valence-electron chi connectivity index (χ3n) is 3.42. The van der Waals surface area contributed by atoms with Gasteiger partial charge in [-0.2, -0.15) is 0 Å². The molecule has 0 heterocycles. The molecule has 0 aromatic heterocycles. The molecule has 0 saturated heterocycles. The summed E-state index contributed by atoms with van der Waals surface area (Å²) in [6.45, 7) is 0.667. The molecule has 1 aromatic carbocycles. The van der Waals surface area contributed by atoms with Gasteiger partial charge < -0.3 is 5.73 Å². The average Bonchev–Trinajstić information content (AvgIpc) is 2.29. The molecule has 1 atom stereocenters. The minimum absolute atomic E-state index is 0.0182. The van der Waals surface area contributed by atoms with Gasteiger partial charge >= 0.3 is 0 Å². The van der Waals surface area contributed by atoms with Crippen molar-refractivity contribution in [2.45, 2.75) is 24.8 Å². The van der Waals surface area contributed by atoms with Gasteiger partial charge in [-0.05, 0) is 42.5 Å². The highest BCUT2D eigenvalue weighted by Gasteiger charge is 2.33. The van der Waals surface area contributed by atoms with Gasteiger partial charge in [-0.1, -0.05) is 22.0 Å². The Morgan fingerprint density at radius 1 is 1.41 bits per heavy atom. The lowest BCUT2D eigenvalue weighted by molar-refractivity contribution is 0.147. The van der Waals surface area contributed by atoms with Gasteiger partial charge in [0.2, 0.25) is 0 Å². The number of hydrazine groups is 1. The normalized spacial score (nSPS) is 23.8. The fourth-order valence-electron chi connectivity index (χ4n) is 2.62. The maximum Gasteiger partial charge on any atom is 0.0491 e. The minimum atomic E-state index is 0.0182. The molecule has 1 aliphatic rings. The number of hydrogen-bond donors (Lipinski definition) is 2. The van der Waals surface area contributed by atoms with Gasteiger partial charge in [0.25, 0.3) is 0 Å². The molecule has 0 bridgehead atoms. The summed E-state index contributed by atoms with van der Waals surface area (Å²) in [7, 11) is 4.04. The van der Waals surface area contributed by atoms with Gasteiger partial charge in [0.15, 0.2) is 0 Å². The van der Waals surface area contributed by atoms with Gasteiger partial charge in [0, 0.05) is 30.7 Å². The number of aryl methyl sites for hydroxylation is 1. The number of rotatable bonds is 3. The van der Waals surface area contributed by atoms with E-state index < -0.39 is 0 Å². The summed E-state index contributed by atoms with van der Waals surface area (Å²) in [6, 6.07) is 6.55. The van der Waals surface area contributed by atoms with Crippen LogP contribution in [-0.4, -0.2) is 31.2 Å². The molecule has 17 heavy (non-hydrogen) atoms. The summed E-state index contributed by atoms with van der Waals surface area (Å²) < 4.78 is 1.16. The number of fused-ring (bicyclic) bond motifs is 1. The first-order chi connectivity index (χ1) is 8.04. The summed E-state index contributed by atoms with van der Waals surface area (Å²) >= 11 is 3.53. The Bertz CT molecular complexity index is 406. The van der Waals surface area contributed by atoms with E-state index in [2.05, 4.69) is 39.6 Å². The second kappa shape index (κ2) is 5.06. The Morgan fingerprint density at radius 2 is 2.18 bits per heavy atom. The molecule has 0 fully saturated rings. The van der Waals surface area contributed by atoms with Crippen molar-refractivity contribution >= 4 is 15.9 Å². The smallest absolute Gasteiger partial charge is 0.0491 e. The van der Waals surface area contributed by atoms with Crippen LogP contribution in [0.25, 0.3) is 0 Å². The molecule has 0 saturated carbocycles. The molecule has 0 aliphatic heterocycles. The lowest BCUT2D eigenvalue weighted by Crippen LogP contribution is -2.59. The number of halogens is 1. The van der Waals surface area contributed by atoms with E-state index in [4.69, 9.17) is 5.73 Å². The topological polar surface area (TPSA) is 41.3 Å². The largest absolute Gasteiger partial charge is 0.329 e. The molecule has 4 heteroatoms. The predicted octanol–water partition coefficient (Wildman–Crippen LogP) is 1.70. The Balaban J connectivity index is 2.24. The van der Waals surface area contributed by atoms with Crippen molar-refractivity contribution in [3.05, 3.63) is 33.8 Å². The number of benzene rings is 1. The van der Waals surface area contributed by atoms with E-state index in [1.54, 1.807) is 0 Å². The first kappa shape index (κ1) is 13.0. The maximum absolute atomic E-state index is 5.98. The van der Waals surface area contributed by atoms with Gasteiger partial charge in [0.05, 0.1) is 0 Å². The summed E-state index contributed by atoms with van der Waals surface area (Å²) in [5.41, 5.74) is 12.4. The van der Waals surface area contributed by atoms with E-state index >= 15 is 0 Å². The van der Waals surface area contributed by atoms with E-state index in [0.29, 0.717) is 6.54 Å². The van der Waals surface area contributed by atoms with E-state index in [1.165, 1.54) is 11.1 Å². The second-order valence-electron chi connectivity index (χ2n) is 5.08. The monoisotopic (exact) mass is 297 g/mol. The highest BCUT2D eigenvalue weighted by molar-refractivity contribution is 9.10. The number of nitrogens with one attached hydrogen (secondary N) is 1. The zero-order valence-corrected chi connectivity index (χ0v) is 12.0. The van der Waals surface area contributed by atoms with E-state index in [9.17, 15) is 0 Å². The molecule has 0 radical (unpaired) electrons. The molecule has 1 aliphatic carbocycles. The summed E-state index contributed by atoms with van der Waals surface area (Å²) in [6.07, 6.45) is 3.18. The Hall–Kier alpha value is -0.420. The van der Waals surface area contributed by atoms with Crippen LogP contribution >= 0.6 is 15.9 Å². The van der Waals surface area contributed by atoms with Crippen molar-refractivity contribution < 1.29 is 0 Å². The zero-order valence-electron chi connectivity index (χ0n) is 10.5. The van der Waals surface area contributed by atoms with E-state index in [0.717, 1.165) is 23.7 Å². The zero-order chi connectivity index (χ0) is 12.5. The molecule has 94 valence electrons. The van der Waals surface area contributed by atoms with Crippen molar-refractivity contribution in [1.82, 2.24) is 10.4 Å². The minimum Gasteiger partial charge on any atom is -0.329 e. The van der Waals surface area contributed by atoms with Crippen LogP contribution in [0, 0.1) is 0 Å². The van der Waals surface area contributed by atoms with Crippen LogP contribution in [0.1, 0.15) is 17.5 Å². The van der Waals surface area contributed by atoms with Crippen LogP contribution in [-0.2, 0) is 12.8 Å². The molecule has 0 amide bonds. The van der Waals surface area contributed by atoms with Crippen LogP contribution in [0.15, 0.2) is 22.7 Å². The van der Waals surface area contributed by atoms with Crippen LogP contribution in [0.2, 0.25) is 0 Å². The maximum atomic E-state index is 5.98. The van der Waals surface area contributed by atoms with Gasteiger partial charge in [0.1, 0.15) is 0 Å². The highest BCUT2D eigenvalue weighted by atomic mass is 79.9. The number of hydrogen-bond acceptors (Lipinski definition) is 3. The molecule has 1 unspecified atom stereocenters. The Kier molecular flexibility index (Phi) is 3.88. The third-order valence-corrected chi connectivity index (χ3v) is 3.91. The standard InChI is InChI=1S/C13H20BrN3/c1-17(2)16-13(9-15)6-5-10-7-12(14)4-3-11(10)8-13/h3-4,7,16H,5-6,8-9,15H2,1-2H3. The fourth-order valence-corrected chi connectivity index (χ4v) is 3.02. The van der Waals surface area contributed by atoms with Crippen molar-refractivity contribution in [3.8, 4) is 0 Å². The van der Waals surface area contributed by atoms with Crippen LogP contribution in [0.4, 0.5) is 0 Å². The summed E-state index contributed by atoms with van der Waals surface area (Å²) in [5.74, 6) is 0. The van der Waals surface area contributed by atoms with Crippen molar-refractivity contribution in [2.75, 3.05) is 20.6 Å².